The van der Waals surface area contributed by atoms with E-state index < -0.39 is 353 Å². The van der Waals surface area contributed by atoms with Crippen LogP contribution in [0.5, 0.6) is 0 Å². The summed E-state index contributed by atoms with van der Waals surface area (Å²) in [5.74, 6) is 0. The van der Waals surface area contributed by atoms with Crippen molar-refractivity contribution in [2.24, 2.45) is 0 Å². The molecule has 0 saturated heterocycles. The number of hydrogen-bond acceptors (Lipinski definition) is 9. The van der Waals surface area contributed by atoms with Gasteiger partial charge in [0.1, 0.15) is 10.0 Å². The van der Waals surface area contributed by atoms with Gasteiger partial charge in [0, 0.05) is 90.8 Å². The summed E-state index contributed by atoms with van der Waals surface area (Å²) in [7, 11) is 0. The number of nitrogens with zero attached hydrogens (tertiary/aromatic N) is 7. The molecule has 141 heavy (non-hydrogen) atoms. The average Bonchev–Trinajstić information content (AvgIpc) is 1.45. The molecular weight excluding hydrogens is 1750 g/mol. The van der Waals surface area contributed by atoms with Crippen molar-refractivity contribution in [3.63, 3.8) is 0 Å². The number of fused-ring (bicyclic) bond motifs is 10. The number of aromatic nitrogens is 2. The summed E-state index contributed by atoms with van der Waals surface area (Å²) in [5.41, 5.74) is -21.7. The molecular formula is C130H145B2N7S2. The first-order valence-corrected chi connectivity index (χ1v) is 49.2. The smallest absolute Gasteiger partial charge is 0.252 e. The SMILES string of the molecule is [2H]c1c([2H])c(C(C)(C)C)c([2H])c([2H])c1-c1nc2c([2H])c3c(c([2H])c2s1)N(c1c([2H])c(C(C)(C)C)c([2H])c(C(C)(C)C)c1[2H])c1c([2H])c(C(C)(C)C)c([2H])c2c1B3c1c([2H])c(C(C)(C)C)c([2H])c([2H])c1N2c1c([2H])c([2H])c(C(C)(C)C)c([2H])c1[2H].[2H]c1c([2H])c([2H])c(N(c2c([2H])c([2H])c([2H])c([2H])c2[2H])c2c([2H])c3c4c(c2[2H])N(c2c([2H])c(C(C)(C)C)c([2H])c(C(C)(C)C)c2[2H])c2c(c([2H])c5nc(-c6c([2H])c([2H])c(C(C)(C)C)c([2H])c6[2H])sc5c2[2H])B4c2c([2H])c(C(C)(C)C)c([2H])c([2H])c2N3c2c([2H])c([2H])c(C(C)(C)C)c([2H])c2[2H])c([2H])c1[2H]. The minimum atomic E-state index is -1.97. The molecule has 4 aliphatic rings. The van der Waals surface area contributed by atoms with Crippen LogP contribution < -0.4 is 57.3 Å². The highest BCUT2D eigenvalue weighted by Gasteiger charge is 2.49. The van der Waals surface area contributed by atoms with Crippen molar-refractivity contribution >= 4 is 175 Å². The van der Waals surface area contributed by atoms with Gasteiger partial charge >= 0.3 is 0 Å². The van der Waals surface area contributed by atoms with Crippen molar-refractivity contribution in [3.8, 4) is 21.1 Å². The number of anilines is 15. The van der Waals surface area contributed by atoms with Gasteiger partial charge in [-0.2, -0.15) is 0 Å². The Kier molecular flexibility index (Phi) is 13.8. The summed E-state index contributed by atoms with van der Waals surface area (Å²) in [4.78, 5) is 15.0. The molecule has 14 aromatic carbocycles. The molecule has 2 aromatic heterocycles. The van der Waals surface area contributed by atoms with Crippen LogP contribution >= 0.6 is 22.7 Å². The van der Waals surface area contributed by atoms with Crippen molar-refractivity contribution < 1.29 is 63.1 Å². The van der Waals surface area contributed by atoms with Crippen LogP contribution in [0.2, 0.25) is 0 Å². The fraction of sp³-hybridized carbons (Fsp3) is 0.338. The fourth-order valence-electron chi connectivity index (χ4n) is 16.9. The summed E-state index contributed by atoms with van der Waals surface area (Å²) in [6, 6.07) is -29.4. The van der Waals surface area contributed by atoms with Crippen molar-refractivity contribution in [2.75, 3.05) is 24.5 Å². The minimum Gasteiger partial charge on any atom is -0.311 e. The molecule has 0 amide bonds. The highest BCUT2D eigenvalue weighted by Crippen LogP contribution is 2.55. The molecule has 11 heteroatoms. The second-order valence-electron chi connectivity index (χ2n) is 48.0. The Bertz CT molecular complexity index is 10300. The maximum atomic E-state index is 11.3. The molecule has 4 aliphatic heterocycles. The summed E-state index contributed by atoms with van der Waals surface area (Å²) < 4.78 is 457. The second-order valence-corrected chi connectivity index (χ2v) is 50.0. The van der Waals surface area contributed by atoms with Gasteiger partial charge in [-0.15, -0.1) is 22.7 Å². The van der Waals surface area contributed by atoms with Crippen LogP contribution in [0.3, 0.4) is 0 Å². The first kappa shape index (κ1) is 56.7. The quantitative estimate of drug-likeness (QED) is 0.133. The van der Waals surface area contributed by atoms with E-state index >= 15 is 0 Å². The van der Waals surface area contributed by atoms with Crippen LogP contribution in [-0.2, 0) is 59.6 Å². The third-order valence-electron chi connectivity index (χ3n) is 25.0. The van der Waals surface area contributed by atoms with E-state index in [1.807, 2.05) is 41.5 Å². The second kappa shape index (κ2) is 34.4. The predicted molar refractivity (Wildman–Crippen MR) is 619 cm³/mol. The molecule has 16 aromatic rings. The standard InChI is InChI=1S/C69H73BN4S.C61H72BN3S/c1-65(2,3)45-28-26-44(27-29-45)64-71-57-42-56-59(43-62(57)75-64)74(53-37-48(68(10,11)12)36-49(38-53)69(13,14)15)61-41-54(72(50-22-18-16-19-23-50)51-24-20-17-21-25-51)40-60-63(61)70(56)55-39-47(67(7,8)9)32-35-58(55)73(60)52-33-30-46(31-34-52)66(4,5)6;1-56(2,3)38-21-19-37(20-22-38)55-63-48-35-47-50(36-53(48)66-55)65(45-30-41(59(10,11)12)29-42(31-45)60(13,14)15)52-34-43(61(16,17)18)33-51-54(52)62(47)46-32-40(58(7,8)9)25-28-49(46)64(51)44-26-23-39(24-27-44)57(4,5)6/h16-43H,1-15H3;19-36H,1-18H3/i16D,17D,18D,19D,20D,21D,22D,23D,24D,25D,26D,27D,28D,29D,30D,31D,32D,33D,34D,35D,36D,37D,38D,39D,40D,41D,42D,43D;19D,20D,21D,22D,23D,24D,25D,26D,27D,28D,29D,30D,31D,32D,33D,34D,35D,36D. The Balaban J connectivity index is 0.000000229. The molecule has 718 valence electrons. The zero-order chi connectivity index (χ0) is 141. The van der Waals surface area contributed by atoms with Gasteiger partial charge in [-0.25, -0.2) is 9.97 Å². The summed E-state index contributed by atoms with van der Waals surface area (Å²) in [6.45, 7) is 53.9. The summed E-state index contributed by atoms with van der Waals surface area (Å²) in [5, 5.41) is -0.300. The van der Waals surface area contributed by atoms with Crippen LogP contribution in [0.4, 0.5) is 85.3 Å². The number of benzene rings is 14. The van der Waals surface area contributed by atoms with Gasteiger partial charge < -0.3 is 24.5 Å². The summed E-state index contributed by atoms with van der Waals surface area (Å²) in [6.07, 6.45) is 0. The molecule has 0 N–H and O–H groups in total. The average molecular weight is 1940 g/mol. The lowest BCUT2D eigenvalue weighted by atomic mass is 9.33. The van der Waals surface area contributed by atoms with E-state index in [2.05, 4.69) is 0 Å². The largest absolute Gasteiger partial charge is 0.311 e. The molecule has 0 bridgehead atoms. The number of para-hydroxylation sites is 2. The number of hydrogen-bond donors (Lipinski definition) is 0. The fourth-order valence-corrected chi connectivity index (χ4v) is 18.6. The Labute approximate surface area is 916 Å². The van der Waals surface area contributed by atoms with E-state index in [-0.39, 0.29) is 219 Å². The van der Waals surface area contributed by atoms with Crippen molar-refractivity contribution in [1.82, 2.24) is 9.97 Å². The third-order valence-corrected chi connectivity index (χ3v) is 27.0. The Morgan fingerprint density at radius 2 is 0.475 bits per heavy atom. The molecule has 6 heterocycles. The Morgan fingerprint density at radius 3 is 0.766 bits per heavy atom. The van der Waals surface area contributed by atoms with Gasteiger partial charge in [0.15, 0.2) is 0 Å². The molecule has 7 nitrogen and oxygen atoms in total. The highest BCUT2D eigenvalue weighted by atomic mass is 32.1. The van der Waals surface area contributed by atoms with Crippen LogP contribution in [0.25, 0.3) is 41.6 Å². The van der Waals surface area contributed by atoms with Gasteiger partial charge in [0.05, 0.1) is 89.2 Å². The third kappa shape index (κ3) is 18.4. The van der Waals surface area contributed by atoms with Crippen LogP contribution in [0.15, 0.2) is 278 Å². The molecule has 0 fully saturated rings. The Morgan fingerprint density at radius 1 is 0.220 bits per heavy atom. The Hall–Kier alpha value is -12.0. The molecule has 20 rings (SSSR count). The first-order chi connectivity index (χ1) is 85.2. The highest BCUT2D eigenvalue weighted by molar-refractivity contribution is 7.22. The normalized spacial score (nSPS) is 18.6. The number of thiazole rings is 2. The molecule has 0 aliphatic carbocycles. The van der Waals surface area contributed by atoms with Crippen LogP contribution in [0, 0.1) is 0 Å². The molecule has 0 radical (unpaired) electrons. The lowest BCUT2D eigenvalue weighted by molar-refractivity contribution is 0.568. The maximum absolute atomic E-state index is 11.3. The first-order valence-electron chi connectivity index (χ1n) is 70.5. The van der Waals surface area contributed by atoms with E-state index in [9.17, 15) is 52.1 Å². The van der Waals surface area contributed by atoms with E-state index in [1.54, 1.807) is 187 Å². The van der Waals surface area contributed by atoms with Gasteiger partial charge in [0.2, 0.25) is 0 Å². The van der Waals surface area contributed by atoms with Crippen molar-refractivity contribution in [3.05, 3.63) is 339 Å². The van der Waals surface area contributed by atoms with Gasteiger partial charge in [-0.05, 0) is 286 Å². The van der Waals surface area contributed by atoms with Gasteiger partial charge in [0.25, 0.3) is 13.4 Å². The van der Waals surface area contributed by atoms with Crippen molar-refractivity contribution in [2.45, 2.75) is 288 Å². The van der Waals surface area contributed by atoms with Crippen LogP contribution in [-0.4, -0.2) is 23.4 Å². The molecule has 0 saturated carbocycles. The molecule has 0 unspecified atom stereocenters. The van der Waals surface area contributed by atoms with E-state index in [4.69, 9.17) is 20.9 Å². The zero-order valence-corrected chi connectivity index (χ0v) is 88.2. The van der Waals surface area contributed by atoms with E-state index in [0.717, 1.165) is 21.1 Å². The van der Waals surface area contributed by atoms with Crippen LogP contribution in [0.1, 0.15) is 353 Å². The molecule has 0 spiro atoms. The molecule has 0 atom stereocenters. The topological polar surface area (TPSA) is 42.0 Å². The summed E-state index contributed by atoms with van der Waals surface area (Å²) >= 11 is 1.50. The van der Waals surface area contributed by atoms with Crippen molar-refractivity contribution in [1.29, 1.82) is 0 Å². The van der Waals surface area contributed by atoms with E-state index in [1.165, 1.54) is 9.80 Å². The lowest BCUT2D eigenvalue weighted by Gasteiger charge is -2.45. The number of rotatable bonds is 9. The van der Waals surface area contributed by atoms with Gasteiger partial charge in [-0.1, -0.05) is 374 Å². The maximum Gasteiger partial charge on any atom is 0.252 e. The zero-order valence-electron chi connectivity index (χ0n) is 133. The van der Waals surface area contributed by atoms with E-state index in [0.29, 0.717) is 16.2 Å². The monoisotopic (exact) mass is 1940 g/mol. The van der Waals surface area contributed by atoms with Gasteiger partial charge in [-0.3, -0.25) is 0 Å². The predicted octanol–water partition coefficient (Wildman–Crippen LogP) is 33.8. The minimum absolute atomic E-state index is 0.0190. The lowest BCUT2D eigenvalue weighted by Crippen LogP contribution is -2.61.